The summed E-state index contributed by atoms with van der Waals surface area (Å²) in [5, 5.41) is 0. The molecule has 0 radical (unpaired) electrons. The molecule has 4 aliphatic rings. The number of hydrogen-bond acceptors (Lipinski definition) is 3. The predicted octanol–water partition coefficient (Wildman–Crippen LogP) is 5.17. The summed E-state index contributed by atoms with van der Waals surface area (Å²) >= 11 is 0. The first-order valence-corrected chi connectivity index (χ1v) is 14.4. The first-order chi connectivity index (χ1) is 15.5. The van der Waals surface area contributed by atoms with Crippen LogP contribution in [0.2, 0.25) is 0 Å². The topological polar surface area (TPSA) is 57.7 Å². The van der Waals surface area contributed by atoms with E-state index in [0.717, 1.165) is 69.5 Å². The molecule has 2 aliphatic heterocycles. The number of carbonyl (C=O) groups is 1. The lowest BCUT2D eigenvalue weighted by Crippen LogP contribution is -2.44. The van der Waals surface area contributed by atoms with Crippen LogP contribution in [-0.4, -0.2) is 49.7 Å². The fourth-order valence-corrected chi connectivity index (χ4v) is 8.50. The van der Waals surface area contributed by atoms with Gasteiger partial charge in [0, 0.05) is 31.7 Å². The number of carbonyl (C=O) groups excluding carboxylic acids is 1. The highest BCUT2D eigenvalue weighted by Crippen LogP contribution is 2.39. The van der Waals surface area contributed by atoms with Gasteiger partial charge < -0.3 is 4.90 Å². The van der Waals surface area contributed by atoms with Gasteiger partial charge in [-0.2, -0.15) is 4.31 Å². The molecular weight excluding hydrogens is 420 g/mol. The molecule has 2 aliphatic carbocycles. The summed E-state index contributed by atoms with van der Waals surface area (Å²) in [6.45, 7) is 2.83. The average Bonchev–Trinajstić information content (AvgIpc) is 3.39. The van der Waals surface area contributed by atoms with Crippen molar-refractivity contribution in [1.29, 1.82) is 0 Å². The monoisotopic (exact) mass is 458 g/mol. The molecule has 2 saturated heterocycles. The minimum absolute atomic E-state index is 0.0158. The van der Waals surface area contributed by atoms with Crippen LogP contribution in [-0.2, 0) is 10.0 Å². The Labute approximate surface area is 193 Å². The van der Waals surface area contributed by atoms with Crippen molar-refractivity contribution in [2.75, 3.05) is 26.2 Å². The summed E-state index contributed by atoms with van der Waals surface area (Å²) in [5.41, 5.74) is 1.50. The maximum atomic E-state index is 13.6. The van der Waals surface area contributed by atoms with E-state index in [-0.39, 0.29) is 5.91 Å². The molecule has 1 aromatic carbocycles. The fraction of sp³-hybridized carbons (Fsp3) is 0.731. The second-order valence-electron chi connectivity index (χ2n) is 10.5. The summed E-state index contributed by atoms with van der Waals surface area (Å²) in [4.78, 5) is 15.9. The molecule has 5 rings (SSSR count). The number of rotatable bonds is 4. The van der Waals surface area contributed by atoms with E-state index in [0.29, 0.717) is 35.4 Å². The number of sulfonamides is 1. The van der Waals surface area contributed by atoms with Crippen molar-refractivity contribution in [1.82, 2.24) is 9.21 Å². The Kier molecular flexibility index (Phi) is 6.62. The van der Waals surface area contributed by atoms with Crippen molar-refractivity contribution in [2.45, 2.75) is 87.9 Å². The Morgan fingerprint density at radius 2 is 1.47 bits per heavy atom. The molecule has 0 spiro atoms. The van der Waals surface area contributed by atoms with Gasteiger partial charge >= 0.3 is 0 Å². The smallest absolute Gasteiger partial charge is 0.253 e. The molecule has 1 amide bonds. The lowest BCUT2D eigenvalue weighted by molar-refractivity contribution is 0.0520. The minimum atomic E-state index is -3.56. The summed E-state index contributed by atoms with van der Waals surface area (Å²) in [5.74, 6) is 1.70. The van der Waals surface area contributed by atoms with Crippen LogP contribution in [0.15, 0.2) is 23.1 Å². The molecule has 5 nitrogen and oxygen atoms in total. The van der Waals surface area contributed by atoms with Crippen LogP contribution in [0.3, 0.4) is 0 Å². The summed E-state index contributed by atoms with van der Waals surface area (Å²) in [6.07, 6.45) is 13.7. The van der Waals surface area contributed by atoms with E-state index in [2.05, 4.69) is 0 Å². The number of hydrogen-bond donors (Lipinski definition) is 0. The van der Waals surface area contributed by atoms with Gasteiger partial charge in [0.25, 0.3) is 5.91 Å². The highest BCUT2D eigenvalue weighted by atomic mass is 32.2. The molecule has 32 heavy (non-hydrogen) atoms. The van der Waals surface area contributed by atoms with Crippen LogP contribution < -0.4 is 0 Å². The number of amides is 1. The van der Waals surface area contributed by atoms with Gasteiger partial charge in [-0.1, -0.05) is 44.6 Å². The van der Waals surface area contributed by atoms with Crippen LogP contribution >= 0.6 is 0 Å². The average molecular weight is 459 g/mol. The molecule has 0 bridgehead atoms. The van der Waals surface area contributed by atoms with Gasteiger partial charge in [0.15, 0.2) is 0 Å². The quantitative estimate of drug-likeness (QED) is 0.625. The van der Waals surface area contributed by atoms with Crippen LogP contribution in [0, 0.1) is 11.8 Å². The second-order valence-corrected chi connectivity index (χ2v) is 12.4. The van der Waals surface area contributed by atoms with Gasteiger partial charge in [-0.05, 0) is 74.0 Å². The molecule has 6 heteroatoms. The maximum Gasteiger partial charge on any atom is 0.253 e. The molecule has 0 N–H and O–H groups in total. The van der Waals surface area contributed by atoms with Gasteiger partial charge in [0.05, 0.1) is 4.90 Å². The van der Waals surface area contributed by atoms with E-state index in [9.17, 15) is 13.2 Å². The third kappa shape index (κ3) is 4.37. The van der Waals surface area contributed by atoms with Gasteiger partial charge in [0.1, 0.15) is 0 Å². The zero-order valence-corrected chi connectivity index (χ0v) is 20.1. The Hall–Kier alpha value is -1.40. The molecule has 2 atom stereocenters. The van der Waals surface area contributed by atoms with E-state index in [1.165, 1.54) is 32.1 Å². The second kappa shape index (κ2) is 9.46. The molecule has 2 saturated carbocycles. The molecule has 2 heterocycles. The van der Waals surface area contributed by atoms with E-state index >= 15 is 0 Å². The van der Waals surface area contributed by atoms with E-state index < -0.39 is 10.0 Å². The van der Waals surface area contributed by atoms with Gasteiger partial charge in [-0.3, -0.25) is 4.79 Å². The Morgan fingerprint density at radius 3 is 2.22 bits per heavy atom. The van der Waals surface area contributed by atoms with Gasteiger partial charge in [-0.15, -0.1) is 0 Å². The summed E-state index contributed by atoms with van der Waals surface area (Å²) < 4.78 is 28.9. The van der Waals surface area contributed by atoms with E-state index in [1.807, 2.05) is 17.0 Å². The highest BCUT2D eigenvalue weighted by molar-refractivity contribution is 7.89. The standard InChI is InChI=1S/C26H38N2O3S/c29-26(27-17-14-20-8-4-5-11-23(20)19-27)22-12-13-24(21-9-2-1-3-10-21)25(18-22)32(30,31)28-15-6-7-16-28/h12-13,18,20-21,23H,1-11,14-17,19H2. The normalized spacial score (nSPS) is 27.9. The fourth-order valence-electron chi connectivity index (χ4n) is 6.68. The summed E-state index contributed by atoms with van der Waals surface area (Å²) in [7, 11) is -3.56. The van der Waals surface area contributed by atoms with Crippen LogP contribution in [0.1, 0.15) is 98.9 Å². The predicted molar refractivity (Wildman–Crippen MR) is 126 cm³/mol. The van der Waals surface area contributed by atoms with E-state index in [1.54, 1.807) is 10.4 Å². The lowest BCUT2D eigenvalue weighted by atomic mass is 9.75. The molecule has 176 valence electrons. The van der Waals surface area contributed by atoms with Gasteiger partial charge in [-0.25, -0.2) is 8.42 Å². The number of nitrogens with zero attached hydrogens (tertiary/aromatic N) is 2. The maximum absolute atomic E-state index is 13.6. The van der Waals surface area contributed by atoms with Crippen LogP contribution in [0.25, 0.3) is 0 Å². The van der Waals surface area contributed by atoms with Crippen molar-refractivity contribution in [3.63, 3.8) is 0 Å². The van der Waals surface area contributed by atoms with Gasteiger partial charge in [0.2, 0.25) is 10.0 Å². The molecular formula is C26H38N2O3S. The zero-order valence-electron chi connectivity index (χ0n) is 19.3. The lowest BCUT2D eigenvalue weighted by Gasteiger charge is -2.41. The van der Waals surface area contributed by atoms with Crippen molar-refractivity contribution in [3.05, 3.63) is 29.3 Å². The first-order valence-electron chi connectivity index (χ1n) is 13.0. The Bertz CT molecular complexity index is 932. The van der Waals surface area contributed by atoms with Crippen molar-refractivity contribution in [3.8, 4) is 0 Å². The zero-order chi connectivity index (χ0) is 22.1. The molecule has 0 aromatic heterocycles. The van der Waals surface area contributed by atoms with Crippen LogP contribution in [0.4, 0.5) is 0 Å². The van der Waals surface area contributed by atoms with Crippen molar-refractivity contribution in [2.24, 2.45) is 11.8 Å². The van der Waals surface area contributed by atoms with Crippen molar-refractivity contribution >= 4 is 15.9 Å². The molecule has 1 aromatic rings. The Balaban J connectivity index is 1.45. The Morgan fingerprint density at radius 1 is 0.781 bits per heavy atom. The molecule has 4 fully saturated rings. The molecule has 2 unspecified atom stereocenters. The van der Waals surface area contributed by atoms with Crippen LogP contribution in [0.5, 0.6) is 0 Å². The third-order valence-electron chi connectivity index (χ3n) is 8.57. The number of likely N-dealkylation sites (tertiary alicyclic amines) is 1. The number of fused-ring (bicyclic) bond motifs is 1. The largest absolute Gasteiger partial charge is 0.338 e. The highest BCUT2D eigenvalue weighted by Gasteiger charge is 2.35. The van der Waals surface area contributed by atoms with Crippen molar-refractivity contribution < 1.29 is 13.2 Å². The minimum Gasteiger partial charge on any atom is -0.338 e. The van der Waals surface area contributed by atoms with E-state index in [4.69, 9.17) is 0 Å². The SMILES string of the molecule is O=C(c1ccc(C2CCCCC2)c(S(=O)(=O)N2CCCC2)c1)N1CCC2CCCCC2C1. The summed E-state index contributed by atoms with van der Waals surface area (Å²) in [6, 6.07) is 5.61. The third-order valence-corrected chi connectivity index (χ3v) is 10.5. The number of piperidine rings is 1. The first kappa shape index (κ1) is 22.4. The number of benzene rings is 1.